The van der Waals surface area contributed by atoms with Crippen LogP contribution in [0.5, 0.6) is 5.75 Å². The molecule has 61 heavy (non-hydrogen) atoms. The number of carboxylic acid groups (broad SMARTS) is 3. The fourth-order valence-corrected chi connectivity index (χ4v) is 7.85. The molecule has 8 nitrogen and oxygen atoms in total. The van der Waals surface area contributed by atoms with Gasteiger partial charge in [0.1, 0.15) is 5.75 Å². The minimum Gasteiger partial charge on any atom is -0.478 e. The van der Waals surface area contributed by atoms with Gasteiger partial charge in [-0.3, -0.25) is 4.79 Å². The van der Waals surface area contributed by atoms with Gasteiger partial charge in [-0.05, 0) is 115 Å². The first-order chi connectivity index (χ1) is 29.6. The minimum atomic E-state index is -0.992. The van der Waals surface area contributed by atoms with E-state index in [1.807, 2.05) is 48.5 Å². The SMILES string of the molecule is O=COc1ccc(-c2ccc(C(c3ccc(-c4ccc(C(=O)O)cc4)cc3)(c3ccc(-c4ccc(C(=O)O)cc4)cc3)c3ccc(-c4ccc(C(=O)O)cc4)cc3)cc2)cc1. The molecule has 0 spiro atoms. The number of ether oxygens (including phenoxy) is 1. The van der Waals surface area contributed by atoms with Crippen molar-refractivity contribution in [2.24, 2.45) is 0 Å². The van der Waals surface area contributed by atoms with E-state index < -0.39 is 23.3 Å². The maximum Gasteiger partial charge on any atom is 0.335 e. The van der Waals surface area contributed by atoms with Crippen LogP contribution in [0, 0.1) is 0 Å². The molecule has 8 rings (SSSR count). The van der Waals surface area contributed by atoms with Crippen LogP contribution in [0.15, 0.2) is 194 Å². The summed E-state index contributed by atoms with van der Waals surface area (Å²) in [5, 5.41) is 28.4. The Bertz CT molecular complexity index is 2600. The van der Waals surface area contributed by atoms with Gasteiger partial charge in [0.25, 0.3) is 6.47 Å². The van der Waals surface area contributed by atoms with Crippen molar-refractivity contribution in [3.05, 3.63) is 233 Å². The lowest BCUT2D eigenvalue weighted by Crippen LogP contribution is -2.31. The van der Waals surface area contributed by atoms with Gasteiger partial charge in [0, 0.05) is 0 Å². The number of carbonyl (C=O) groups excluding carboxylic acids is 1. The van der Waals surface area contributed by atoms with E-state index in [2.05, 4.69) is 60.7 Å². The maximum absolute atomic E-state index is 11.6. The van der Waals surface area contributed by atoms with Crippen molar-refractivity contribution in [3.8, 4) is 50.3 Å². The van der Waals surface area contributed by atoms with Gasteiger partial charge in [-0.15, -0.1) is 0 Å². The summed E-state index contributed by atoms with van der Waals surface area (Å²) in [6, 6.07) is 60.7. The van der Waals surface area contributed by atoms with E-state index in [1.54, 1.807) is 84.9 Å². The quantitative estimate of drug-likeness (QED) is 0.0774. The molecule has 0 aliphatic rings. The molecule has 0 saturated carbocycles. The second kappa shape index (κ2) is 16.9. The average Bonchev–Trinajstić information content (AvgIpc) is 3.30. The topological polar surface area (TPSA) is 138 Å². The van der Waals surface area contributed by atoms with Crippen LogP contribution in [-0.4, -0.2) is 39.7 Å². The number of carbonyl (C=O) groups is 4. The molecule has 8 aromatic carbocycles. The van der Waals surface area contributed by atoms with Gasteiger partial charge in [-0.1, -0.05) is 146 Å². The molecule has 8 aromatic rings. The molecule has 0 aliphatic carbocycles. The first kappa shape index (κ1) is 39.5. The highest BCUT2D eigenvalue weighted by Crippen LogP contribution is 2.47. The van der Waals surface area contributed by atoms with Crippen LogP contribution in [0.2, 0.25) is 0 Å². The standard InChI is InChI=1S/C53H36O8/c54-33-61-49-31-21-41(22-32-49)40-19-29-48(30-20-40)53(45-23-13-37(14-24-45)34-1-7-42(8-2-34)50(55)56,46-25-15-38(16-26-46)35-3-9-43(10-4-35)51(57)58)47-27-17-39(18-28-47)36-5-11-44(12-6-36)52(59)60/h1-33H,(H,55,56)(H,57,58)(H,59,60). The van der Waals surface area contributed by atoms with Gasteiger partial charge in [-0.2, -0.15) is 0 Å². The third kappa shape index (κ3) is 7.93. The van der Waals surface area contributed by atoms with Gasteiger partial charge in [-0.25, -0.2) is 14.4 Å². The number of rotatable bonds is 13. The molecule has 0 bridgehead atoms. The molecule has 8 heteroatoms. The van der Waals surface area contributed by atoms with Gasteiger partial charge in [0.05, 0.1) is 22.1 Å². The molecule has 0 radical (unpaired) electrons. The number of hydrogen-bond donors (Lipinski definition) is 3. The summed E-state index contributed by atoms with van der Waals surface area (Å²) in [5.74, 6) is -2.53. The number of carboxylic acids is 3. The summed E-state index contributed by atoms with van der Waals surface area (Å²) >= 11 is 0. The molecule has 296 valence electrons. The third-order valence-corrected chi connectivity index (χ3v) is 11.0. The van der Waals surface area contributed by atoms with E-state index in [0.717, 1.165) is 66.8 Å². The highest BCUT2D eigenvalue weighted by Gasteiger charge is 2.38. The summed E-state index contributed by atoms with van der Waals surface area (Å²) in [5.41, 5.74) is 10.8. The predicted octanol–water partition coefficient (Wildman–Crippen LogP) is 11.4. The monoisotopic (exact) mass is 800 g/mol. The largest absolute Gasteiger partial charge is 0.478 e. The Labute approximate surface area is 351 Å². The lowest BCUT2D eigenvalue weighted by atomic mass is 9.64. The summed E-state index contributed by atoms with van der Waals surface area (Å²) in [6.45, 7) is 0.397. The van der Waals surface area contributed by atoms with Crippen LogP contribution in [0.4, 0.5) is 0 Å². The Morgan fingerprint density at radius 1 is 0.328 bits per heavy atom. The Kier molecular flexibility index (Phi) is 10.9. The van der Waals surface area contributed by atoms with Gasteiger partial charge in [0.2, 0.25) is 0 Å². The second-order valence-corrected chi connectivity index (χ2v) is 14.4. The minimum absolute atomic E-state index is 0.204. The Balaban J connectivity index is 1.30. The van der Waals surface area contributed by atoms with Crippen LogP contribution in [0.1, 0.15) is 53.3 Å². The summed E-state index contributed by atoms with van der Waals surface area (Å²) in [4.78, 5) is 45.6. The average molecular weight is 801 g/mol. The Morgan fingerprint density at radius 2 is 0.525 bits per heavy atom. The zero-order valence-electron chi connectivity index (χ0n) is 32.4. The van der Waals surface area contributed by atoms with Crippen LogP contribution in [-0.2, 0) is 10.2 Å². The van der Waals surface area contributed by atoms with Crippen LogP contribution >= 0.6 is 0 Å². The highest BCUT2D eigenvalue weighted by molar-refractivity contribution is 5.89. The number of aromatic carboxylic acids is 3. The molecule has 0 atom stereocenters. The van der Waals surface area contributed by atoms with E-state index in [9.17, 15) is 34.5 Å². The molecule has 0 heterocycles. The van der Waals surface area contributed by atoms with E-state index in [4.69, 9.17) is 4.74 Å². The third-order valence-electron chi connectivity index (χ3n) is 11.0. The molecule has 3 N–H and O–H groups in total. The molecular weight excluding hydrogens is 765 g/mol. The fraction of sp³-hybridized carbons (Fsp3) is 0.0189. The van der Waals surface area contributed by atoms with Crippen LogP contribution in [0.3, 0.4) is 0 Å². The summed E-state index contributed by atoms with van der Waals surface area (Å²) < 4.78 is 5.01. The predicted molar refractivity (Wildman–Crippen MR) is 234 cm³/mol. The molecular formula is C53H36O8. The zero-order valence-corrected chi connectivity index (χ0v) is 32.4. The molecule has 0 unspecified atom stereocenters. The van der Waals surface area contributed by atoms with Crippen LogP contribution in [0.25, 0.3) is 44.5 Å². The van der Waals surface area contributed by atoms with E-state index in [0.29, 0.717) is 12.2 Å². The van der Waals surface area contributed by atoms with Crippen molar-refractivity contribution < 1.29 is 39.2 Å². The Morgan fingerprint density at radius 3 is 0.721 bits per heavy atom. The highest BCUT2D eigenvalue weighted by atomic mass is 16.5. The molecule has 0 saturated heterocycles. The maximum atomic E-state index is 11.6. The summed E-state index contributed by atoms with van der Waals surface area (Å²) in [6.07, 6.45) is 0. The second-order valence-electron chi connectivity index (χ2n) is 14.4. The van der Waals surface area contributed by atoms with Gasteiger partial charge < -0.3 is 20.1 Å². The lowest BCUT2D eigenvalue weighted by molar-refractivity contribution is -0.120. The van der Waals surface area contributed by atoms with E-state index in [-0.39, 0.29) is 16.7 Å². The van der Waals surface area contributed by atoms with E-state index >= 15 is 0 Å². The molecule has 0 fully saturated rings. The van der Waals surface area contributed by atoms with Crippen molar-refractivity contribution in [2.45, 2.75) is 5.41 Å². The first-order valence-corrected chi connectivity index (χ1v) is 19.3. The lowest BCUT2D eigenvalue weighted by Gasteiger charge is -2.37. The van der Waals surface area contributed by atoms with Gasteiger partial charge in [0.15, 0.2) is 0 Å². The van der Waals surface area contributed by atoms with Crippen molar-refractivity contribution >= 4 is 24.4 Å². The van der Waals surface area contributed by atoms with Crippen LogP contribution < -0.4 is 4.74 Å². The number of hydrogen-bond acceptors (Lipinski definition) is 5. The number of benzene rings is 8. The Hall–Kier alpha value is -8.36. The van der Waals surface area contributed by atoms with Crippen molar-refractivity contribution in [1.29, 1.82) is 0 Å². The summed E-state index contributed by atoms with van der Waals surface area (Å²) in [7, 11) is 0. The smallest absolute Gasteiger partial charge is 0.335 e. The van der Waals surface area contributed by atoms with E-state index in [1.165, 1.54) is 0 Å². The molecule has 0 amide bonds. The fourth-order valence-electron chi connectivity index (χ4n) is 7.85. The zero-order chi connectivity index (χ0) is 42.5. The first-order valence-electron chi connectivity index (χ1n) is 19.3. The molecule has 0 aliphatic heterocycles. The van der Waals surface area contributed by atoms with Crippen molar-refractivity contribution in [2.75, 3.05) is 0 Å². The normalized spacial score (nSPS) is 11.1. The van der Waals surface area contributed by atoms with Gasteiger partial charge >= 0.3 is 17.9 Å². The van der Waals surface area contributed by atoms with Crippen molar-refractivity contribution in [1.82, 2.24) is 0 Å². The molecule has 0 aromatic heterocycles. The van der Waals surface area contributed by atoms with Crippen molar-refractivity contribution in [3.63, 3.8) is 0 Å².